The minimum absolute atomic E-state index is 0.168. The number of fused-ring (bicyclic) bond motifs is 2. The average molecular weight is 406 g/mol. The van der Waals surface area contributed by atoms with Gasteiger partial charge in [-0.1, -0.05) is 35.6 Å². The van der Waals surface area contributed by atoms with Gasteiger partial charge in [0.1, 0.15) is 17.9 Å². The first kappa shape index (κ1) is 17.4. The van der Waals surface area contributed by atoms with E-state index in [-0.39, 0.29) is 23.7 Å². The molecule has 0 fully saturated rings. The van der Waals surface area contributed by atoms with Crippen LogP contribution in [0.4, 0.5) is 11.4 Å². The molecule has 2 aliphatic heterocycles. The number of para-hydroxylation sites is 1. The van der Waals surface area contributed by atoms with Gasteiger partial charge in [0, 0.05) is 16.9 Å². The third-order valence-corrected chi connectivity index (χ3v) is 6.02. The van der Waals surface area contributed by atoms with Crippen molar-refractivity contribution < 1.29 is 14.7 Å². The van der Waals surface area contributed by atoms with E-state index >= 15 is 0 Å². The van der Waals surface area contributed by atoms with Gasteiger partial charge >= 0.3 is 5.97 Å². The first-order valence-electron chi connectivity index (χ1n) is 8.80. The Morgan fingerprint density at radius 1 is 1.14 bits per heavy atom. The summed E-state index contributed by atoms with van der Waals surface area (Å²) in [5, 5.41) is 12.0. The van der Waals surface area contributed by atoms with Crippen LogP contribution in [0.2, 0.25) is 0 Å². The minimum atomic E-state index is -1.02. The van der Waals surface area contributed by atoms with Gasteiger partial charge in [-0.2, -0.15) is 0 Å². The molecule has 144 valence electrons. The molecule has 0 spiro atoms. The van der Waals surface area contributed by atoms with Crippen molar-refractivity contribution in [3.8, 4) is 0 Å². The monoisotopic (exact) mass is 406 g/mol. The number of carbonyl (C=O) groups excluding carboxylic acids is 1. The number of hydrogen-bond donors (Lipinski definition) is 2. The number of nitrogens with zero attached hydrogens (tertiary/aromatic N) is 3. The predicted octanol–water partition coefficient (Wildman–Crippen LogP) is 0.814. The normalized spacial score (nSPS) is 16.7. The number of amides is 1. The van der Waals surface area contributed by atoms with E-state index in [4.69, 9.17) is 0 Å². The number of carbonyl (C=O) groups is 2. The third-order valence-electron chi connectivity index (χ3n) is 4.91. The van der Waals surface area contributed by atoms with Crippen molar-refractivity contribution in [1.29, 1.82) is 0 Å². The summed E-state index contributed by atoms with van der Waals surface area (Å²) in [4.78, 5) is 43.7. The Balaban J connectivity index is 1.61. The highest BCUT2D eigenvalue weighted by atomic mass is 32.1. The van der Waals surface area contributed by atoms with Gasteiger partial charge in [-0.05, 0) is 24.3 Å². The molecule has 0 atom stereocenters. The van der Waals surface area contributed by atoms with Crippen LogP contribution >= 0.6 is 11.3 Å². The maximum absolute atomic E-state index is 13.1. The SMILES string of the molecule is O=C1Nc2ccccc2C1=c1sc2n(c1=O)CN(c1cccc(C(=O)O)c1)CN=2. The molecule has 29 heavy (non-hydrogen) atoms. The summed E-state index contributed by atoms with van der Waals surface area (Å²) >= 11 is 1.20. The summed E-state index contributed by atoms with van der Waals surface area (Å²) in [7, 11) is 0. The van der Waals surface area contributed by atoms with Crippen LogP contribution in [0, 0.1) is 0 Å². The first-order chi connectivity index (χ1) is 14.0. The number of aromatic carboxylic acids is 1. The molecule has 2 aromatic carbocycles. The molecular formula is C20H14N4O4S. The Morgan fingerprint density at radius 2 is 1.97 bits per heavy atom. The summed E-state index contributed by atoms with van der Waals surface area (Å²) in [6, 6.07) is 13.8. The van der Waals surface area contributed by atoms with Gasteiger partial charge in [-0.25, -0.2) is 9.79 Å². The highest BCUT2D eigenvalue weighted by Gasteiger charge is 2.27. The number of thiazole rings is 1. The van der Waals surface area contributed by atoms with E-state index in [9.17, 15) is 19.5 Å². The van der Waals surface area contributed by atoms with E-state index in [2.05, 4.69) is 10.3 Å². The smallest absolute Gasteiger partial charge is 0.335 e. The van der Waals surface area contributed by atoms with Gasteiger partial charge < -0.3 is 15.3 Å². The van der Waals surface area contributed by atoms with Crippen LogP contribution < -0.4 is 25.1 Å². The number of hydrogen-bond acceptors (Lipinski definition) is 6. The lowest BCUT2D eigenvalue weighted by molar-refractivity contribution is -0.110. The molecule has 0 bridgehead atoms. The molecule has 0 aliphatic carbocycles. The zero-order valence-corrected chi connectivity index (χ0v) is 15.8. The molecule has 0 unspecified atom stereocenters. The van der Waals surface area contributed by atoms with Crippen molar-refractivity contribution >= 4 is 40.2 Å². The van der Waals surface area contributed by atoms with Crippen LogP contribution in [-0.4, -0.2) is 28.2 Å². The Kier molecular flexibility index (Phi) is 3.85. The molecule has 9 heteroatoms. The lowest BCUT2D eigenvalue weighted by Crippen LogP contribution is -2.43. The number of carboxylic acid groups (broad SMARTS) is 1. The van der Waals surface area contributed by atoms with Gasteiger partial charge in [0.05, 0.1) is 11.1 Å². The average Bonchev–Trinajstić information content (AvgIpc) is 3.23. The molecule has 0 saturated heterocycles. The molecule has 1 amide bonds. The highest BCUT2D eigenvalue weighted by Crippen LogP contribution is 2.29. The Bertz CT molecular complexity index is 1370. The molecule has 8 nitrogen and oxygen atoms in total. The maximum atomic E-state index is 13.1. The number of anilines is 2. The van der Waals surface area contributed by atoms with Crippen LogP contribution in [0.25, 0.3) is 5.57 Å². The zero-order chi connectivity index (χ0) is 20.1. The number of benzene rings is 2. The van der Waals surface area contributed by atoms with Crippen LogP contribution in [0.3, 0.4) is 0 Å². The van der Waals surface area contributed by atoms with Gasteiger partial charge in [0.25, 0.3) is 11.5 Å². The standard InChI is InChI=1S/C20H14N4O4S/c25-17-15(13-6-1-2-7-14(13)22-17)16-18(26)24-10-23(9-21-20(24)29-16)12-5-3-4-11(8-12)19(27)28/h1-8H,9-10H2,(H,22,25)(H,27,28). The third kappa shape index (κ3) is 2.74. The summed E-state index contributed by atoms with van der Waals surface area (Å²) < 4.78 is 1.87. The molecule has 3 heterocycles. The molecular weight excluding hydrogens is 392 g/mol. The van der Waals surface area contributed by atoms with Crippen molar-refractivity contribution in [3.63, 3.8) is 0 Å². The fraction of sp³-hybridized carbons (Fsp3) is 0.100. The molecule has 5 rings (SSSR count). The highest BCUT2D eigenvalue weighted by molar-refractivity contribution is 7.07. The van der Waals surface area contributed by atoms with Gasteiger partial charge in [-0.3, -0.25) is 14.2 Å². The van der Waals surface area contributed by atoms with Crippen LogP contribution in [0.1, 0.15) is 15.9 Å². The number of carboxylic acids is 1. The van der Waals surface area contributed by atoms with Crippen molar-refractivity contribution in [2.45, 2.75) is 6.67 Å². The summed E-state index contributed by atoms with van der Waals surface area (Å²) in [6.07, 6.45) is 0. The first-order valence-corrected chi connectivity index (χ1v) is 9.62. The topological polar surface area (TPSA) is 104 Å². The van der Waals surface area contributed by atoms with Crippen molar-refractivity contribution in [2.75, 3.05) is 16.9 Å². The Labute approximate surface area is 167 Å². The largest absolute Gasteiger partial charge is 0.478 e. The Morgan fingerprint density at radius 3 is 2.79 bits per heavy atom. The van der Waals surface area contributed by atoms with Crippen molar-refractivity contribution in [1.82, 2.24) is 4.57 Å². The quantitative estimate of drug-likeness (QED) is 0.656. The minimum Gasteiger partial charge on any atom is -0.478 e. The van der Waals surface area contributed by atoms with Gasteiger partial charge in [-0.15, -0.1) is 0 Å². The number of aromatic nitrogens is 1. The summed E-state index contributed by atoms with van der Waals surface area (Å²) in [6.45, 7) is 0.522. The number of nitrogens with one attached hydrogen (secondary N) is 1. The molecule has 0 radical (unpaired) electrons. The van der Waals surface area contributed by atoms with Crippen molar-refractivity contribution in [3.05, 3.63) is 79.3 Å². The fourth-order valence-electron chi connectivity index (χ4n) is 3.50. The second-order valence-corrected chi connectivity index (χ2v) is 7.64. The summed E-state index contributed by atoms with van der Waals surface area (Å²) in [5.74, 6) is -1.31. The lowest BCUT2D eigenvalue weighted by Gasteiger charge is -2.25. The molecule has 2 aliphatic rings. The van der Waals surface area contributed by atoms with Gasteiger partial charge in [0.2, 0.25) is 0 Å². The van der Waals surface area contributed by atoms with Crippen LogP contribution in [0.15, 0.2) is 58.3 Å². The second-order valence-electron chi connectivity index (χ2n) is 6.66. The number of rotatable bonds is 2. The van der Waals surface area contributed by atoms with Crippen molar-refractivity contribution in [2.24, 2.45) is 4.99 Å². The predicted molar refractivity (Wildman–Crippen MR) is 108 cm³/mol. The lowest BCUT2D eigenvalue weighted by atomic mass is 10.1. The maximum Gasteiger partial charge on any atom is 0.335 e. The summed E-state index contributed by atoms with van der Waals surface area (Å²) in [5.41, 5.74) is 2.31. The molecule has 2 N–H and O–H groups in total. The van der Waals surface area contributed by atoms with Crippen LogP contribution in [0.5, 0.6) is 0 Å². The Hall–Kier alpha value is -3.72. The zero-order valence-electron chi connectivity index (χ0n) is 15.0. The molecule has 0 saturated carbocycles. The fourth-order valence-corrected chi connectivity index (χ4v) is 4.56. The molecule has 3 aromatic rings. The van der Waals surface area contributed by atoms with Gasteiger partial charge in [0.15, 0.2) is 4.80 Å². The van der Waals surface area contributed by atoms with E-state index < -0.39 is 5.97 Å². The van der Waals surface area contributed by atoms with E-state index in [0.29, 0.717) is 38.5 Å². The van der Waals surface area contributed by atoms with Crippen LogP contribution in [-0.2, 0) is 11.5 Å². The van der Waals surface area contributed by atoms with E-state index in [1.165, 1.54) is 22.0 Å². The van der Waals surface area contributed by atoms with E-state index in [1.54, 1.807) is 24.3 Å². The van der Waals surface area contributed by atoms with E-state index in [0.717, 1.165) is 0 Å². The second kappa shape index (κ2) is 6.42. The van der Waals surface area contributed by atoms with E-state index in [1.807, 2.05) is 23.1 Å². The molecule has 1 aromatic heterocycles.